The van der Waals surface area contributed by atoms with E-state index in [1.54, 1.807) is 0 Å². The van der Waals surface area contributed by atoms with Crippen molar-refractivity contribution in [1.29, 1.82) is 0 Å². The molecule has 2 aliphatic rings. The van der Waals surface area contributed by atoms with Crippen molar-refractivity contribution in [2.45, 2.75) is 26.7 Å². The highest BCUT2D eigenvalue weighted by atomic mass is 16.5. The predicted molar refractivity (Wildman–Crippen MR) is 134 cm³/mol. The molecule has 6 heteroatoms. The van der Waals surface area contributed by atoms with Crippen LogP contribution in [0.2, 0.25) is 0 Å². The van der Waals surface area contributed by atoms with Crippen molar-refractivity contribution in [3.05, 3.63) is 76.6 Å². The highest BCUT2D eigenvalue weighted by molar-refractivity contribution is 6.36. The molecule has 6 nitrogen and oxygen atoms in total. The molecular formula is C28H29N3O3. The van der Waals surface area contributed by atoms with E-state index >= 15 is 0 Å². The number of rotatable bonds is 5. The van der Waals surface area contributed by atoms with Crippen LogP contribution in [0.15, 0.2) is 48.7 Å². The summed E-state index contributed by atoms with van der Waals surface area (Å²) < 4.78 is 5.35. The smallest absolute Gasteiger partial charge is 0.256 e. The second kappa shape index (κ2) is 9.31. The Hall–Kier alpha value is -3.64. The Labute approximate surface area is 199 Å². The third-order valence-corrected chi connectivity index (χ3v) is 6.75. The molecule has 1 saturated heterocycles. The maximum atomic E-state index is 13.0. The number of morpholine rings is 1. The average molecular weight is 456 g/mol. The summed E-state index contributed by atoms with van der Waals surface area (Å²) in [6, 6.07) is 14.4. The first kappa shape index (κ1) is 22.2. The summed E-state index contributed by atoms with van der Waals surface area (Å²) in [6.45, 7) is 6.59. The molecule has 34 heavy (non-hydrogen) atoms. The van der Waals surface area contributed by atoms with E-state index in [9.17, 15) is 9.59 Å². The van der Waals surface area contributed by atoms with Gasteiger partial charge in [0.2, 0.25) is 5.91 Å². The molecule has 2 amide bonds. The molecule has 1 fully saturated rings. The van der Waals surface area contributed by atoms with E-state index in [4.69, 9.17) is 4.74 Å². The zero-order valence-corrected chi connectivity index (χ0v) is 19.6. The van der Waals surface area contributed by atoms with Gasteiger partial charge >= 0.3 is 0 Å². The lowest BCUT2D eigenvalue weighted by atomic mass is 9.93. The maximum absolute atomic E-state index is 13.0. The average Bonchev–Trinajstić information content (AvgIpc) is 3.38. The summed E-state index contributed by atoms with van der Waals surface area (Å²) in [5, 5.41) is 3.01. The molecule has 0 unspecified atom stereocenters. The Morgan fingerprint density at radius 3 is 2.74 bits per heavy atom. The summed E-state index contributed by atoms with van der Waals surface area (Å²) in [4.78, 5) is 30.8. The van der Waals surface area contributed by atoms with Gasteiger partial charge in [-0.1, -0.05) is 43.3 Å². The third-order valence-electron chi connectivity index (χ3n) is 6.75. The van der Waals surface area contributed by atoms with Gasteiger partial charge < -0.3 is 19.9 Å². The van der Waals surface area contributed by atoms with Crippen LogP contribution >= 0.6 is 0 Å². The molecule has 5 rings (SSSR count). The predicted octanol–water partition coefficient (Wildman–Crippen LogP) is 4.45. The Bertz CT molecular complexity index is 1280. The van der Waals surface area contributed by atoms with E-state index in [2.05, 4.69) is 47.6 Å². The molecule has 174 valence electrons. The summed E-state index contributed by atoms with van der Waals surface area (Å²) in [5.74, 6) is -0.0133. The van der Waals surface area contributed by atoms with E-state index in [1.807, 2.05) is 36.2 Å². The zero-order chi connectivity index (χ0) is 23.7. The number of anilines is 1. The van der Waals surface area contributed by atoms with E-state index in [1.165, 1.54) is 5.56 Å². The first-order valence-corrected chi connectivity index (χ1v) is 11.8. The molecule has 0 atom stereocenters. The molecule has 0 saturated carbocycles. The summed E-state index contributed by atoms with van der Waals surface area (Å²) in [5.41, 5.74) is 8.54. The lowest BCUT2D eigenvalue weighted by molar-refractivity contribution is -0.134. The second-order valence-corrected chi connectivity index (χ2v) is 8.82. The van der Waals surface area contributed by atoms with E-state index in [-0.39, 0.29) is 11.8 Å². The van der Waals surface area contributed by atoms with Crippen molar-refractivity contribution < 1.29 is 14.3 Å². The highest BCUT2D eigenvalue weighted by Crippen LogP contribution is 2.40. The molecule has 3 heterocycles. The van der Waals surface area contributed by atoms with Crippen molar-refractivity contribution in [3.63, 3.8) is 0 Å². The molecule has 2 N–H and O–H groups in total. The van der Waals surface area contributed by atoms with E-state index in [0.29, 0.717) is 38.3 Å². The van der Waals surface area contributed by atoms with Crippen LogP contribution < -0.4 is 5.32 Å². The van der Waals surface area contributed by atoms with Gasteiger partial charge in [0, 0.05) is 36.2 Å². The number of nitrogens with zero attached hydrogens (tertiary/aromatic N) is 1. The number of aryl methyl sites for hydroxylation is 1. The monoisotopic (exact) mass is 455 g/mol. The van der Waals surface area contributed by atoms with Crippen molar-refractivity contribution >= 4 is 29.2 Å². The number of aromatic amines is 1. The van der Waals surface area contributed by atoms with Gasteiger partial charge in [-0.2, -0.15) is 0 Å². The fourth-order valence-electron chi connectivity index (χ4n) is 4.71. The first-order valence-electron chi connectivity index (χ1n) is 11.8. The second-order valence-electron chi connectivity index (χ2n) is 8.82. The van der Waals surface area contributed by atoms with E-state index < -0.39 is 0 Å². The highest BCUT2D eigenvalue weighted by Gasteiger charge is 2.28. The number of benzene rings is 2. The molecule has 0 bridgehead atoms. The largest absolute Gasteiger partial charge is 0.378 e. The van der Waals surface area contributed by atoms with Gasteiger partial charge in [-0.3, -0.25) is 9.59 Å². The SMILES string of the molecule is CCc1cccc(-c2cccc3c2/C(=C/c2[nH]cc(CC(=O)N4CCOCC4)c2C)C(=O)N3)c1. The van der Waals surface area contributed by atoms with Crippen molar-refractivity contribution in [1.82, 2.24) is 9.88 Å². The van der Waals surface area contributed by atoms with Crippen molar-refractivity contribution in [2.24, 2.45) is 0 Å². The van der Waals surface area contributed by atoms with Crippen LogP contribution in [0, 0.1) is 6.92 Å². The Morgan fingerprint density at radius 2 is 1.94 bits per heavy atom. The zero-order valence-electron chi connectivity index (χ0n) is 19.6. The Kier molecular flexibility index (Phi) is 6.07. The molecule has 2 aromatic carbocycles. The molecule has 0 spiro atoms. The van der Waals surface area contributed by atoms with Crippen LogP contribution in [0.3, 0.4) is 0 Å². The quantitative estimate of drug-likeness (QED) is 0.559. The minimum Gasteiger partial charge on any atom is -0.378 e. The summed E-state index contributed by atoms with van der Waals surface area (Å²) >= 11 is 0. The number of carbonyl (C=O) groups excluding carboxylic acids is 2. The van der Waals surface area contributed by atoms with E-state index in [0.717, 1.165) is 45.6 Å². The number of amides is 2. The topological polar surface area (TPSA) is 74.4 Å². The van der Waals surface area contributed by atoms with Crippen LogP contribution in [0.5, 0.6) is 0 Å². The number of H-pyrrole nitrogens is 1. The van der Waals surface area contributed by atoms with Gasteiger partial charge in [-0.15, -0.1) is 0 Å². The number of nitrogens with one attached hydrogen (secondary N) is 2. The van der Waals surface area contributed by atoms with Gasteiger partial charge in [0.15, 0.2) is 0 Å². The van der Waals surface area contributed by atoms with Gasteiger partial charge in [-0.05, 0) is 53.3 Å². The Morgan fingerprint density at radius 1 is 1.15 bits per heavy atom. The van der Waals surface area contributed by atoms with Crippen molar-refractivity contribution in [3.8, 4) is 11.1 Å². The molecule has 0 radical (unpaired) electrons. The first-order chi connectivity index (χ1) is 16.5. The standard InChI is InChI=1S/C28H29N3O3/c1-3-19-6-4-7-20(14-19)22-8-5-9-24-27(22)23(28(33)30-24)16-25-18(2)21(17-29-25)15-26(32)31-10-12-34-13-11-31/h4-9,14,16-17,29H,3,10-13,15H2,1-2H3,(H,30,33)/b23-16-. The fourth-order valence-corrected chi connectivity index (χ4v) is 4.71. The lowest BCUT2D eigenvalue weighted by Gasteiger charge is -2.26. The third kappa shape index (κ3) is 4.17. The minimum atomic E-state index is -0.117. The van der Waals surface area contributed by atoms with Crippen LogP contribution in [-0.2, 0) is 27.2 Å². The summed E-state index contributed by atoms with van der Waals surface area (Å²) in [6.07, 6.45) is 5.08. The van der Waals surface area contributed by atoms with Crippen LogP contribution in [0.4, 0.5) is 5.69 Å². The summed E-state index contributed by atoms with van der Waals surface area (Å²) in [7, 11) is 0. The molecular weight excluding hydrogens is 426 g/mol. The number of hydrogen-bond acceptors (Lipinski definition) is 3. The van der Waals surface area contributed by atoms with Gasteiger partial charge in [0.1, 0.15) is 0 Å². The lowest BCUT2D eigenvalue weighted by Crippen LogP contribution is -2.41. The number of ether oxygens (including phenoxy) is 1. The fraction of sp³-hybridized carbons (Fsp3) is 0.286. The number of hydrogen-bond donors (Lipinski definition) is 2. The van der Waals surface area contributed by atoms with Crippen LogP contribution in [0.25, 0.3) is 22.8 Å². The van der Waals surface area contributed by atoms with Crippen LogP contribution in [0.1, 0.15) is 34.9 Å². The number of fused-ring (bicyclic) bond motifs is 1. The Balaban J connectivity index is 1.48. The van der Waals surface area contributed by atoms with Crippen LogP contribution in [-0.4, -0.2) is 48.0 Å². The maximum Gasteiger partial charge on any atom is 0.256 e. The minimum absolute atomic E-state index is 0.103. The molecule has 2 aliphatic heterocycles. The van der Waals surface area contributed by atoms with Gasteiger partial charge in [0.05, 0.1) is 25.2 Å². The number of carbonyl (C=O) groups is 2. The van der Waals surface area contributed by atoms with Gasteiger partial charge in [0.25, 0.3) is 5.91 Å². The molecule has 3 aromatic rings. The van der Waals surface area contributed by atoms with Gasteiger partial charge in [-0.25, -0.2) is 0 Å². The molecule has 0 aliphatic carbocycles. The normalized spacial score (nSPS) is 16.6. The molecule has 1 aromatic heterocycles. The van der Waals surface area contributed by atoms with Crippen molar-refractivity contribution in [2.75, 3.05) is 31.6 Å². The number of aromatic nitrogens is 1.